The van der Waals surface area contributed by atoms with E-state index >= 15 is 0 Å². The SMILES string of the molecule is CNCCCC(=O)NC1CCOc2c(Cl)cccc21.Cl. The Bertz CT molecular complexity index is 455. The molecule has 6 heteroatoms. The van der Waals surface area contributed by atoms with Crippen LogP contribution in [0.1, 0.15) is 30.9 Å². The molecule has 1 aliphatic heterocycles. The maximum absolute atomic E-state index is 11.9. The summed E-state index contributed by atoms with van der Waals surface area (Å²) in [5, 5.41) is 6.69. The van der Waals surface area contributed by atoms with Gasteiger partial charge >= 0.3 is 0 Å². The Balaban J connectivity index is 0.00000200. The van der Waals surface area contributed by atoms with E-state index in [1.54, 1.807) is 6.07 Å². The van der Waals surface area contributed by atoms with Crippen LogP contribution in [-0.4, -0.2) is 26.1 Å². The van der Waals surface area contributed by atoms with E-state index < -0.39 is 0 Å². The van der Waals surface area contributed by atoms with Crippen molar-refractivity contribution in [3.05, 3.63) is 28.8 Å². The molecule has 1 aromatic rings. The molecule has 0 fully saturated rings. The molecular weight excluding hydrogens is 299 g/mol. The molecule has 0 saturated carbocycles. The van der Waals surface area contributed by atoms with E-state index in [1.165, 1.54) is 0 Å². The van der Waals surface area contributed by atoms with Gasteiger partial charge < -0.3 is 15.4 Å². The van der Waals surface area contributed by atoms with Crippen LogP contribution in [-0.2, 0) is 4.79 Å². The fraction of sp³-hybridized carbons (Fsp3) is 0.500. The zero-order valence-electron chi connectivity index (χ0n) is 11.4. The van der Waals surface area contributed by atoms with Crippen LogP contribution in [0.4, 0.5) is 0 Å². The average molecular weight is 319 g/mol. The lowest BCUT2D eigenvalue weighted by atomic mass is 10.0. The second-order valence-electron chi connectivity index (χ2n) is 4.62. The number of ether oxygens (including phenoxy) is 1. The van der Waals surface area contributed by atoms with Gasteiger partial charge in [0.1, 0.15) is 5.75 Å². The predicted octanol–water partition coefficient (Wildman–Crippen LogP) is 2.70. The van der Waals surface area contributed by atoms with Gasteiger partial charge in [-0.1, -0.05) is 23.7 Å². The molecule has 1 unspecified atom stereocenters. The number of rotatable bonds is 5. The van der Waals surface area contributed by atoms with Crippen molar-refractivity contribution < 1.29 is 9.53 Å². The first-order valence-electron chi connectivity index (χ1n) is 6.57. The van der Waals surface area contributed by atoms with Crippen molar-refractivity contribution >= 4 is 29.9 Å². The van der Waals surface area contributed by atoms with E-state index in [2.05, 4.69) is 10.6 Å². The number of hydrogen-bond donors (Lipinski definition) is 2. The molecule has 0 saturated heterocycles. The van der Waals surface area contributed by atoms with Crippen molar-refractivity contribution in [3.8, 4) is 5.75 Å². The standard InChI is InChI=1S/C14H19ClN2O2.ClH/c1-16-8-3-6-13(18)17-12-7-9-19-14-10(12)4-2-5-11(14)15;/h2,4-5,12,16H,3,6-9H2,1H3,(H,17,18);1H. The van der Waals surface area contributed by atoms with Crippen LogP contribution >= 0.6 is 24.0 Å². The first-order chi connectivity index (χ1) is 9.22. The van der Waals surface area contributed by atoms with E-state index in [1.807, 2.05) is 19.2 Å². The first-order valence-corrected chi connectivity index (χ1v) is 6.95. The highest BCUT2D eigenvalue weighted by Crippen LogP contribution is 2.37. The van der Waals surface area contributed by atoms with E-state index in [9.17, 15) is 4.79 Å². The summed E-state index contributed by atoms with van der Waals surface area (Å²) in [4.78, 5) is 11.9. The minimum Gasteiger partial charge on any atom is -0.492 e. The van der Waals surface area contributed by atoms with Gasteiger partial charge in [0, 0.05) is 18.4 Å². The van der Waals surface area contributed by atoms with Gasteiger partial charge in [-0.2, -0.15) is 0 Å². The van der Waals surface area contributed by atoms with Crippen molar-refractivity contribution in [2.24, 2.45) is 0 Å². The Morgan fingerprint density at radius 3 is 3.05 bits per heavy atom. The summed E-state index contributed by atoms with van der Waals surface area (Å²) in [7, 11) is 1.88. The highest BCUT2D eigenvalue weighted by atomic mass is 35.5. The topological polar surface area (TPSA) is 50.4 Å². The van der Waals surface area contributed by atoms with Gasteiger partial charge in [-0.05, 0) is 26.1 Å². The van der Waals surface area contributed by atoms with Gasteiger partial charge in [0.2, 0.25) is 5.91 Å². The van der Waals surface area contributed by atoms with Gasteiger partial charge in [-0.15, -0.1) is 12.4 Å². The largest absolute Gasteiger partial charge is 0.492 e. The normalized spacial score (nSPS) is 16.6. The van der Waals surface area contributed by atoms with Crippen LogP contribution in [0.2, 0.25) is 5.02 Å². The third kappa shape index (κ3) is 4.27. The number of para-hydroxylation sites is 1. The maximum Gasteiger partial charge on any atom is 0.220 e. The number of carbonyl (C=O) groups is 1. The van der Waals surface area contributed by atoms with Crippen molar-refractivity contribution in [2.45, 2.75) is 25.3 Å². The Morgan fingerprint density at radius 2 is 2.30 bits per heavy atom. The molecule has 1 amide bonds. The zero-order valence-corrected chi connectivity index (χ0v) is 13.0. The van der Waals surface area contributed by atoms with Crippen molar-refractivity contribution in [1.82, 2.24) is 10.6 Å². The number of halogens is 2. The fourth-order valence-corrected chi connectivity index (χ4v) is 2.47. The predicted molar refractivity (Wildman–Crippen MR) is 82.9 cm³/mol. The van der Waals surface area contributed by atoms with E-state index in [-0.39, 0.29) is 24.4 Å². The number of nitrogens with one attached hydrogen (secondary N) is 2. The number of hydrogen-bond acceptors (Lipinski definition) is 3. The van der Waals surface area contributed by atoms with Crippen LogP contribution < -0.4 is 15.4 Å². The summed E-state index contributed by atoms with van der Waals surface area (Å²) < 4.78 is 5.57. The molecule has 2 rings (SSSR count). The summed E-state index contributed by atoms with van der Waals surface area (Å²) >= 11 is 6.10. The molecule has 1 aliphatic rings. The van der Waals surface area contributed by atoms with Crippen LogP contribution in [0, 0.1) is 0 Å². The lowest BCUT2D eigenvalue weighted by Crippen LogP contribution is -2.32. The molecule has 0 radical (unpaired) electrons. The molecule has 1 aromatic carbocycles. The summed E-state index contributed by atoms with van der Waals surface area (Å²) in [5.41, 5.74) is 0.973. The second kappa shape index (κ2) is 8.35. The molecule has 0 aromatic heterocycles. The van der Waals surface area contributed by atoms with Crippen LogP contribution in [0.5, 0.6) is 5.75 Å². The molecule has 0 aliphatic carbocycles. The lowest BCUT2D eigenvalue weighted by molar-refractivity contribution is -0.122. The highest BCUT2D eigenvalue weighted by molar-refractivity contribution is 6.32. The van der Waals surface area contributed by atoms with E-state index in [0.717, 1.165) is 24.9 Å². The molecule has 20 heavy (non-hydrogen) atoms. The van der Waals surface area contributed by atoms with Crippen molar-refractivity contribution in [1.29, 1.82) is 0 Å². The van der Waals surface area contributed by atoms with E-state index in [4.69, 9.17) is 16.3 Å². The molecule has 4 nitrogen and oxygen atoms in total. The molecule has 1 atom stereocenters. The van der Waals surface area contributed by atoms with Gasteiger partial charge in [-0.25, -0.2) is 0 Å². The molecule has 2 N–H and O–H groups in total. The number of benzene rings is 1. The molecular formula is C14H20Cl2N2O2. The third-order valence-corrected chi connectivity index (χ3v) is 3.49. The van der Waals surface area contributed by atoms with Crippen molar-refractivity contribution in [2.75, 3.05) is 20.2 Å². The molecule has 0 spiro atoms. The Kier molecular flexibility index (Phi) is 7.13. The summed E-state index contributed by atoms with van der Waals surface area (Å²) in [6.07, 6.45) is 2.16. The summed E-state index contributed by atoms with van der Waals surface area (Å²) in [5.74, 6) is 0.781. The number of carbonyl (C=O) groups excluding carboxylic acids is 1. The number of fused-ring (bicyclic) bond motifs is 1. The van der Waals surface area contributed by atoms with Crippen molar-refractivity contribution in [3.63, 3.8) is 0 Å². The third-order valence-electron chi connectivity index (χ3n) is 3.19. The van der Waals surface area contributed by atoms with Crippen LogP contribution in [0.3, 0.4) is 0 Å². The summed E-state index contributed by atoms with van der Waals surface area (Å²) in [6, 6.07) is 5.65. The quantitative estimate of drug-likeness (QED) is 0.821. The van der Waals surface area contributed by atoms with Gasteiger partial charge in [0.15, 0.2) is 0 Å². The Morgan fingerprint density at radius 1 is 1.50 bits per heavy atom. The average Bonchev–Trinajstić information content (AvgIpc) is 2.40. The Hall–Kier alpha value is -0.970. The Labute approximate surface area is 130 Å². The first kappa shape index (κ1) is 17.1. The number of amides is 1. The molecule has 1 heterocycles. The highest BCUT2D eigenvalue weighted by Gasteiger charge is 2.24. The minimum atomic E-state index is 0. The second-order valence-corrected chi connectivity index (χ2v) is 5.03. The van der Waals surface area contributed by atoms with Crippen LogP contribution in [0.15, 0.2) is 18.2 Å². The van der Waals surface area contributed by atoms with Gasteiger partial charge in [-0.3, -0.25) is 4.79 Å². The smallest absolute Gasteiger partial charge is 0.220 e. The van der Waals surface area contributed by atoms with Gasteiger partial charge in [0.05, 0.1) is 17.7 Å². The minimum absolute atomic E-state index is 0. The lowest BCUT2D eigenvalue weighted by Gasteiger charge is -2.27. The zero-order chi connectivity index (χ0) is 13.7. The molecule has 112 valence electrons. The van der Waals surface area contributed by atoms with Crippen LogP contribution in [0.25, 0.3) is 0 Å². The van der Waals surface area contributed by atoms with Gasteiger partial charge in [0.25, 0.3) is 0 Å². The fourth-order valence-electron chi connectivity index (χ4n) is 2.23. The molecule has 0 bridgehead atoms. The van der Waals surface area contributed by atoms with E-state index in [0.29, 0.717) is 23.8 Å². The monoisotopic (exact) mass is 318 g/mol. The summed E-state index contributed by atoms with van der Waals surface area (Å²) in [6.45, 7) is 1.43. The maximum atomic E-state index is 11.9.